The van der Waals surface area contributed by atoms with Gasteiger partial charge in [0, 0.05) is 22.5 Å². The summed E-state index contributed by atoms with van der Waals surface area (Å²) in [6, 6.07) is 14.7. The molecule has 0 spiro atoms. The molecular weight excluding hydrogens is 502 g/mol. The zero-order chi connectivity index (χ0) is 23.3. The summed E-state index contributed by atoms with van der Waals surface area (Å²) < 4.78 is 27.4. The van der Waals surface area contributed by atoms with Crippen molar-refractivity contribution in [3.8, 4) is 0 Å². The molecule has 2 aromatic heterocycles. The zero-order valence-electron chi connectivity index (χ0n) is 16.8. The number of hydrogen-bond acceptors (Lipinski definition) is 9. The lowest BCUT2D eigenvalue weighted by atomic mass is 10.1. The minimum atomic E-state index is -3.70. The van der Waals surface area contributed by atoms with Crippen molar-refractivity contribution >= 4 is 67.0 Å². The highest BCUT2D eigenvalue weighted by Gasteiger charge is 2.15. The van der Waals surface area contributed by atoms with Crippen LogP contribution in [0.2, 0.25) is 5.02 Å². The topological polar surface area (TPSA) is 114 Å². The molecule has 0 amide bonds. The summed E-state index contributed by atoms with van der Waals surface area (Å²) in [7, 11) is -3.70. The molecule has 2 N–H and O–H groups in total. The maximum Gasteiger partial charge on any atom is 0.262 e. The maximum absolute atomic E-state index is 12.4. The summed E-state index contributed by atoms with van der Waals surface area (Å²) in [4.78, 5) is 24.9. The van der Waals surface area contributed by atoms with Crippen LogP contribution in [-0.4, -0.2) is 34.9 Å². The number of aromatic nitrogens is 3. The lowest BCUT2D eigenvalue weighted by molar-refractivity contribution is 0.102. The fourth-order valence-corrected chi connectivity index (χ4v) is 5.31. The molecule has 0 radical (unpaired) electrons. The number of ketones is 1. The van der Waals surface area contributed by atoms with Gasteiger partial charge in [-0.05, 0) is 54.6 Å². The number of anilines is 3. The fraction of sp³-hybridized carbons (Fsp3) is 0.0476. The third-order valence-corrected chi connectivity index (χ3v) is 7.55. The van der Waals surface area contributed by atoms with Crippen LogP contribution in [0, 0.1) is 0 Å². The Hall–Kier alpha value is -2.99. The summed E-state index contributed by atoms with van der Waals surface area (Å²) in [6.45, 7) is 0. The van der Waals surface area contributed by atoms with E-state index in [1.165, 1.54) is 41.4 Å². The maximum atomic E-state index is 12.4. The van der Waals surface area contributed by atoms with Crippen LogP contribution < -0.4 is 10.0 Å². The Morgan fingerprint density at radius 1 is 1.06 bits per heavy atom. The van der Waals surface area contributed by atoms with Crippen molar-refractivity contribution in [1.29, 1.82) is 0 Å². The van der Waals surface area contributed by atoms with Crippen LogP contribution in [0.25, 0.3) is 0 Å². The van der Waals surface area contributed by atoms with Gasteiger partial charge in [-0.1, -0.05) is 23.4 Å². The molecule has 0 aliphatic rings. The van der Waals surface area contributed by atoms with Crippen molar-refractivity contribution in [1.82, 2.24) is 15.0 Å². The Kier molecular flexibility index (Phi) is 7.23. The number of nitrogens with zero attached hydrogens (tertiary/aromatic N) is 3. The zero-order valence-corrected chi connectivity index (χ0v) is 20.0. The molecule has 2 heterocycles. The van der Waals surface area contributed by atoms with Crippen molar-refractivity contribution in [2.75, 3.05) is 15.8 Å². The third-order valence-electron chi connectivity index (χ3n) is 4.24. The van der Waals surface area contributed by atoms with Gasteiger partial charge in [0.25, 0.3) is 10.0 Å². The van der Waals surface area contributed by atoms with Gasteiger partial charge in [0.05, 0.1) is 22.4 Å². The molecule has 0 aliphatic carbocycles. The molecule has 0 unspecified atom stereocenters. The van der Waals surface area contributed by atoms with E-state index in [1.54, 1.807) is 54.2 Å². The standard InChI is InChI=1S/C21H16ClN5O3S3/c22-15-3-1-14(2-4-15)18(28)12-31-21-24-10-9-19(26-21)25-16-5-7-17(8-6-16)33(29,30)27-20-11-23-13-32-20/h1-11,13,27H,12H2,(H,24,25,26). The van der Waals surface area contributed by atoms with Crippen LogP contribution >= 0.6 is 34.7 Å². The molecule has 8 nitrogen and oxygen atoms in total. The highest BCUT2D eigenvalue weighted by molar-refractivity contribution is 7.99. The lowest BCUT2D eigenvalue weighted by Gasteiger charge is -2.09. The van der Waals surface area contributed by atoms with Gasteiger partial charge in [-0.3, -0.25) is 14.5 Å². The van der Waals surface area contributed by atoms with Gasteiger partial charge >= 0.3 is 0 Å². The number of Topliss-reactive ketones (excluding diaryl/α,β-unsaturated/α-hetero) is 1. The molecule has 0 atom stereocenters. The van der Waals surface area contributed by atoms with Gasteiger partial charge in [-0.25, -0.2) is 18.4 Å². The van der Waals surface area contributed by atoms with Gasteiger partial charge in [-0.2, -0.15) is 0 Å². The van der Waals surface area contributed by atoms with Crippen molar-refractivity contribution < 1.29 is 13.2 Å². The number of benzene rings is 2. The van der Waals surface area contributed by atoms with Gasteiger partial charge in [0.15, 0.2) is 10.9 Å². The highest BCUT2D eigenvalue weighted by atomic mass is 35.5. The van der Waals surface area contributed by atoms with Gasteiger partial charge in [0.2, 0.25) is 0 Å². The van der Waals surface area contributed by atoms with E-state index >= 15 is 0 Å². The molecule has 0 saturated carbocycles. The van der Waals surface area contributed by atoms with Crippen LogP contribution in [0.3, 0.4) is 0 Å². The van der Waals surface area contributed by atoms with Crippen LogP contribution in [0.15, 0.2) is 82.6 Å². The number of halogens is 1. The number of nitrogens with one attached hydrogen (secondary N) is 2. The fourth-order valence-electron chi connectivity index (χ4n) is 2.65. The second-order valence-electron chi connectivity index (χ2n) is 6.56. The Bertz CT molecular complexity index is 1350. The Morgan fingerprint density at radius 2 is 1.82 bits per heavy atom. The van der Waals surface area contributed by atoms with Crippen molar-refractivity contribution in [2.24, 2.45) is 0 Å². The second kappa shape index (κ2) is 10.3. The molecule has 0 aliphatic heterocycles. The number of carbonyl (C=O) groups excluding carboxylic acids is 1. The summed E-state index contributed by atoms with van der Waals surface area (Å²) in [5.74, 6) is 0.650. The number of sulfonamides is 1. The number of hydrogen-bond donors (Lipinski definition) is 2. The molecule has 0 fully saturated rings. The minimum absolute atomic E-state index is 0.0534. The number of thiazole rings is 1. The Balaban J connectivity index is 1.38. The molecule has 33 heavy (non-hydrogen) atoms. The summed E-state index contributed by atoms with van der Waals surface area (Å²) in [5, 5.41) is 4.56. The molecule has 0 bridgehead atoms. The van der Waals surface area contributed by atoms with E-state index in [-0.39, 0.29) is 16.4 Å². The van der Waals surface area contributed by atoms with Gasteiger partial charge in [0.1, 0.15) is 10.8 Å². The summed E-state index contributed by atoms with van der Waals surface area (Å²) in [5.41, 5.74) is 2.77. The molecule has 168 valence electrons. The minimum Gasteiger partial charge on any atom is -0.340 e. The lowest BCUT2D eigenvalue weighted by Crippen LogP contribution is -2.12. The number of rotatable bonds is 9. The van der Waals surface area contributed by atoms with Crippen LogP contribution in [0.4, 0.5) is 16.5 Å². The molecule has 4 rings (SSSR count). The summed E-state index contributed by atoms with van der Waals surface area (Å²) >= 11 is 8.28. The van der Waals surface area contributed by atoms with Gasteiger partial charge in [-0.15, -0.1) is 11.3 Å². The predicted molar refractivity (Wildman–Crippen MR) is 131 cm³/mol. The van der Waals surface area contributed by atoms with Crippen LogP contribution in [0.5, 0.6) is 0 Å². The predicted octanol–water partition coefficient (Wildman–Crippen LogP) is 5.11. The average Bonchev–Trinajstić information content (AvgIpc) is 3.31. The molecule has 0 saturated heterocycles. The third kappa shape index (κ3) is 6.29. The quantitative estimate of drug-likeness (QED) is 0.179. The van der Waals surface area contributed by atoms with Crippen molar-refractivity contribution in [3.05, 3.63) is 83.1 Å². The molecule has 12 heteroatoms. The van der Waals surface area contributed by atoms with E-state index in [2.05, 4.69) is 25.0 Å². The SMILES string of the molecule is O=C(CSc1nccc(Nc2ccc(S(=O)(=O)Nc3cncs3)cc2)n1)c1ccc(Cl)cc1. The Labute approximate surface area is 203 Å². The van der Waals surface area contributed by atoms with E-state index in [0.29, 0.717) is 32.2 Å². The van der Waals surface area contributed by atoms with Crippen molar-refractivity contribution in [2.45, 2.75) is 10.1 Å². The van der Waals surface area contributed by atoms with Crippen molar-refractivity contribution in [3.63, 3.8) is 0 Å². The van der Waals surface area contributed by atoms with Crippen LogP contribution in [0.1, 0.15) is 10.4 Å². The summed E-state index contributed by atoms with van der Waals surface area (Å²) in [6.07, 6.45) is 3.04. The van der Waals surface area contributed by atoms with E-state index in [0.717, 1.165) is 0 Å². The highest BCUT2D eigenvalue weighted by Crippen LogP contribution is 2.23. The smallest absolute Gasteiger partial charge is 0.262 e. The van der Waals surface area contributed by atoms with E-state index in [1.807, 2.05) is 0 Å². The molecule has 4 aromatic rings. The van der Waals surface area contributed by atoms with E-state index in [9.17, 15) is 13.2 Å². The van der Waals surface area contributed by atoms with Crippen LogP contribution in [-0.2, 0) is 10.0 Å². The van der Waals surface area contributed by atoms with Gasteiger partial charge < -0.3 is 5.32 Å². The molecule has 2 aromatic carbocycles. The Morgan fingerprint density at radius 3 is 2.52 bits per heavy atom. The first-order chi connectivity index (χ1) is 15.9. The first-order valence-corrected chi connectivity index (χ1v) is 13.1. The average molecular weight is 518 g/mol. The normalized spacial score (nSPS) is 11.2. The largest absolute Gasteiger partial charge is 0.340 e. The first kappa shape index (κ1) is 23.2. The number of thioether (sulfide) groups is 1. The van der Waals surface area contributed by atoms with E-state index < -0.39 is 10.0 Å². The number of carbonyl (C=O) groups is 1. The van der Waals surface area contributed by atoms with E-state index in [4.69, 9.17) is 11.6 Å². The monoisotopic (exact) mass is 517 g/mol. The molecular formula is C21H16ClN5O3S3. The first-order valence-electron chi connectivity index (χ1n) is 9.42. The second-order valence-corrected chi connectivity index (χ2v) is 10.5.